The third kappa shape index (κ3) is 33.4. The highest BCUT2D eigenvalue weighted by molar-refractivity contribution is 7.48. The van der Waals surface area contributed by atoms with Crippen molar-refractivity contribution in [3.8, 4) is 6.07 Å². The molecular formula is C56H113N3O11P+. The van der Waals surface area contributed by atoms with Gasteiger partial charge in [0.2, 0.25) is 0 Å². The van der Waals surface area contributed by atoms with Crippen LogP contribution in [0.1, 0.15) is 237 Å². The van der Waals surface area contributed by atoms with Gasteiger partial charge in [-0.3, -0.25) is 28.0 Å². The highest BCUT2D eigenvalue weighted by Crippen LogP contribution is 2.52. The van der Waals surface area contributed by atoms with E-state index in [0.717, 1.165) is 38.5 Å². The lowest BCUT2D eigenvalue weighted by atomic mass is 9.57. The van der Waals surface area contributed by atoms with Gasteiger partial charge in [-0.25, -0.2) is 4.57 Å². The van der Waals surface area contributed by atoms with Crippen LogP contribution in [0.2, 0.25) is 0 Å². The molecule has 0 aromatic heterocycles. The molecule has 0 fully saturated rings. The molecule has 0 amide bonds. The van der Waals surface area contributed by atoms with E-state index in [1.165, 1.54) is 104 Å². The van der Waals surface area contributed by atoms with Gasteiger partial charge in [0.1, 0.15) is 25.8 Å². The molecule has 0 saturated heterocycles. The number of phosphoric ester groups is 1. The maximum absolute atomic E-state index is 13.5. The second-order valence-corrected chi connectivity index (χ2v) is 23.5. The van der Waals surface area contributed by atoms with Crippen LogP contribution in [0.5, 0.6) is 0 Å². The summed E-state index contributed by atoms with van der Waals surface area (Å²) in [6, 6.07) is 1.86. The van der Waals surface area contributed by atoms with Crippen molar-refractivity contribution in [2.24, 2.45) is 27.9 Å². The topological polar surface area (TPSA) is 194 Å². The van der Waals surface area contributed by atoms with E-state index in [-0.39, 0.29) is 42.6 Å². The zero-order valence-electron chi connectivity index (χ0n) is 48.8. The lowest BCUT2D eigenvalue weighted by Gasteiger charge is -2.49. The fraction of sp³-hybridized carbons (Fsp3) is 0.929. The summed E-state index contributed by atoms with van der Waals surface area (Å²) in [5.74, 6) is -0.645. The average Bonchev–Trinajstić information content (AvgIpc) is 3.34. The van der Waals surface area contributed by atoms with E-state index in [1.54, 1.807) is 6.92 Å². The Labute approximate surface area is 436 Å². The fourth-order valence-corrected chi connectivity index (χ4v) is 9.84. The number of hydrogen-bond acceptors (Lipinski definition) is 13. The Morgan fingerprint density at radius 3 is 1.48 bits per heavy atom. The number of likely N-dealkylation sites (N-methyl/N-ethyl adjacent to an activating group) is 1. The molecule has 0 rings (SSSR count). The Morgan fingerprint density at radius 2 is 1.13 bits per heavy atom. The molecule has 14 nitrogen and oxygen atoms in total. The van der Waals surface area contributed by atoms with E-state index in [2.05, 4.69) is 52.3 Å². The van der Waals surface area contributed by atoms with Gasteiger partial charge in [-0.15, -0.1) is 0 Å². The number of ether oxygens (including phenoxy) is 3. The zero-order valence-corrected chi connectivity index (χ0v) is 49.7. The Bertz CT molecular complexity index is 1440. The molecule has 0 aliphatic rings. The summed E-state index contributed by atoms with van der Waals surface area (Å²) in [4.78, 5) is 35.5. The van der Waals surface area contributed by atoms with Crippen molar-refractivity contribution in [3.05, 3.63) is 0 Å². The Morgan fingerprint density at radius 1 is 0.662 bits per heavy atom. The van der Waals surface area contributed by atoms with Crippen LogP contribution in [0.15, 0.2) is 0 Å². The molecule has 0 spiro atoms. The third-order valence-corrected chi connectivity index (χ3v) is 16.0. The molecule has 0 heterocycles. The molecule has 3 N–H and O–H groups in total. The smallest absolute Gasteiger partial charge is 0.468 e. The number of nitrogens with zero attached hydrogens (tertiary/aromatic N) is 2. The maximum Gasteiger partial charge on any atom is 0.474 e. The highest BCUT2D eigenvalue weighted by atomic mass is 31.2. The van der Waals surface area contributed by atoms with Crippen LogP contribution in [-0.2, 0) is 46.7 Å². The van der Waals surface area contributed by atoms with E-state index < -0.39 is 30.8 Å². The Hall–Kier alpha value is -2.11. The molecule has 422 valence electrons. The summed E-state index contributed by atoms with van der Waals surface area (Å²) in [6.07, 6.45) is 27.5. The van der Waals surface area contributed by atoms with Gasteiger partial charge in [-0.2, -0.15) is 5.26 Å². The summed E-state index contributed by atoms with van der Waals surface area (Å²) in [5, 5.41) is 20.8. The molecule has 4 unspecified atom stereocenters. The summed E-state index contributed by atoms with van der Waals surface area (Å²) in [6.45, 7) is 23.2. The summed E-state index contributed by atoms with van der Waals surface area (Å²) in [7, 11) is 4.83. The normalized spacial score (nSPS) is 14.8. The molecule has 0 aromatic rings. The average molecular weight is 1040 g/mol. The Balaban J connectivity index is -0.00000115. The van der Waals surface area contributed by atoms with E-state index >= 15 is 0 Å². The van der Waals surface area contributed by atoms with Gasteiger partial charge in [-0.1, -0.05) is 171 Å². The predicted octanol–water partition coefficient (Wildman–Crippen LogP) is 13.8. The first-order valence-corrected chi connectivity index (χ1v) is 29.3. The van der Waals surface area contributed by atoms with Gasteiger partial charge in [0.05, 0.1) is 64.0 Å². The lowest BCUT2D eigenvalue weighted by molar-refractivity contribution is -0.870. The molecule has 0 aromatic carbocycles. The summed E-state index contributed by atoms with van der Waals surface area (Å²) in [5.41, 5.74) is 2.28. The second kappa shape index (κ2) is 41.2. The third-order valence-electron chi connectivity index (χ3n) is 14.6. The number of quaternary nitrogens is 1. The van der Waals surface area contributed by atoms with E-state index in [0.29, 0.717) is 55.7 Å². The van der Waals surface area contributed by atoms with Gasteiger partial charge in [0, 0.05) is 13.5 Å². The molecule has 71 heavy (non-hydrogen) atoms. The number of nitrogens with two attached hydrogens (primary N) is 1. The van der Waals surface area contributed by atoms with Gasteiger partial charge in [-0.05, 0) is 70.6 Å². The lowest BCUT2D eigenvalue weighted by Crippen LogP contribution is -2.54. The van der Waals surface area contributed by atoms with Crippen LogP contribution < -0.4 is 5.73 Å². The van der Waals surface area contributed by atoms with E-state index in [9.17, 15) is 29.3 Å². The number of rotatable bonds is 41. The Kier molecular flexibility index (Phi) is 42.4. The van der Waals surface area contributed by atoms with Crippen LogP contribution >= 0.6 is 7.82 Å². The van der Waals surface area contributed by atoms with E-state index in [4.69, 9.17) is 28.8 Å². The van der Waals surface area contributed by atoms with Crippen molar-refractivity contribution in [3.63, 3.8) is 0 Å². The number of hydrogen-bond donors (Lipinski definition) is 2. The number of esters is 3. The van der Waals surface area contributed by atoms with Crippen molar-refractivity contribution >= 4 is 25.7 Å². The molecule has 0 radical (unpaired) electrons. The molecule has 0 aliphatic heterocycles. The van der Waals surface area contributed by atoms with Crippen molar-refractivity contribution in [1.82, 2.24) is 0 Å². The minimum Gasteiger partial charge on any atom is -0.468 e. The van der Waals surface area contributed by atoms with Crippen LogP contribution in [0.4, 0.5) is 0 Å². The monoisotopic (exact) mass is 1030 g/mol. The number of unbranched alkanes of at least 4 members (excludes halogenated alkanes) is 15. The zero-order chi connectivity index (χ0) is 55.0. The molecule has 4 atom stereocenters. The number of methoxy groups -OCH3 is 1. The molecule has 0 saturated carbocycles. The van der Waals surface area contributed by atoms with Crippen molar-refractivity contribution < 1.29 is 56.3 Å². The second-order valence-electron chi connectivity index (χ2n) is 21.7. The quantitative estimate of drug-likeness (QED) is 0.0193. The van der Waals surface area contributed by atoms with Crippen LogP contribution in [0.3, 0.4) is 0 Å². The minimum atomic E-state index is -3.74. The minimum absolute atomic E-state index is 0.103. The SMILES string of the molecule is CCC(CC)(CC(C)(C(=O)OCCOP(=O)(OC)OCC[N+](C)(C)C)C(O)(CC)CC)C(C)C.CCCCCCCCCCCCCCCCCCOC(=O)CCC(C)(C#N)CCC.COC(=O)C(C)N. The van der Waals surface area contributed by atoms with E-state index in [1.807, 2.05) is 48.8 Å². The maximum atomic E-state index is 13.5. The summed E-state index contributed by atoms with van der Waals surface area (Å²) >= 11 is 0. The summed E-state index contributed by atoms with van der Waals surface area (Å²) < 4.78 is 44.1. The van der Waals surface area contributed by atoms with Gasteiger partial charge >= 0.3 is 25.7 Å². The molecule has 15 heteroatoms. The van der Waals surface area contributed by atoms with Gasteiger partial charge in [0.15, 0.2) is 0 Å². The number of carbonyl (C=O) groups excluding carboxylic acids is 3. The van der Waals surface area contributed by atoms with Gasteiger partial charge in [0.25, 0.3) is 0 Å². The number of nitriles is 1. The van der Waals surface area contributed by atoms with Gasteiger partial charge < -0.3 is 29.5 Å². The standard InChI is InChI=1S/C27H51NO2.C25H53NO7P.C4H9NO2/c1-4-6-7-8-9-10-11-12-13-14-15-16-17-18-19-20-24-30-26(29)21-23-27(3,25-28)22-5-2;1-12-24(13-2,21(5)6)20-23(7,25(28,14-3)15-4)22(27)31-18-19-33-34(29,30-11)32-17-16-26(8,9)10;1-3(5)4(6)7-2/h4-24H2,1-3H3;21,28H,12-20H2,1-11H3;3H,5H2,1-2H3/q;+1;. The number of carbonyl (C=O) groups is 3. The van der Waals surface area contributed by atoms with Crippen LogP contribution in [0, 0.1) is 33.5 Å². The highest BCUT2D eigenvalue weighted by Gasteiger charge is 2.55. The number of phosphoric acid groups is 1. The van der Waals surface area contributed by atoms with Crippen LogP contribution in [-0.4, -0.2) is 107 Å². The first-order valence-electron chi connectivity index (χ1n) is 27.8. The molecular weight excluding hydrogens is 922 g/mol. The first-order chi connectivity index (χ1) is 33.3. The largest absolute Gasteiger partial charge is 0.474 e. The number of aliphatic hydroxyl groups is 1. The first kappa shape index (κ1) is 73.1. The van der Waals surface area contributed by atoms with Crippen LogP contribution in [0.25, 0.3) is 0 Å². The van der Waals surface area contributed by atoms with Crippen molar-refractivity contribution in [2.75, 3.05) is 68.3 Å². The predicted molar refractivity (Wildman–Crippen MR) is 291 cm³/mol. The fourth-order valence-electron chi connectivity index (χ4n) is 8.95. The van der Waals surface area contributed by atoms with Crippen molar-refractivity contribution in [2.45, 2.75) is 248 Å². The van der Waals surface area contributed by atoms with Crippen molar-refractivity contribution in [1.29, 1.82) is 5.26 Å². The molecule has 0 aliphatic carbocycles. The molecule has 0 bridgehead atoms.